The molecule has 0 aromatic heterocycles. The molecule has 2 aromatic carbocycles. The van der Waals surface area contributed by atoms with Crippen LogP contribution >= 0.6 is 0 Å². The van der Waals surface area contributed by atoms with Crippen LogP contribution in [-0.2, 0) is 4.74 Å². The van der Waals surface area contributed by atoms with E-state index in [9.17, 15) is 9.59 Å². The summed E-state index contributed by atoms with van der Waals surface area (Å²) in [5.74, 6) is 0.00273. The van der Waals surface area contributed by atoms with Crippen molar-refractivity contribution in [3.8, 4) is 0 Å². The van der Waals surface area contributed by atoms with Gasteiger partial charge in [0, 0.05) is 29.9 Å². The van der Waals surface area contributed by atoms with Crippen LogP contribution in [0.5, 0.6) is 0 Å². The number of esters is 1. The molecule has 4 heteroatoms. The summed E-state index contributed by atoms with van der Waals surface area (Å²) in [4.78, 5) is 25.0. The smallest absolute Gasteiger partial charge is 0.338 e. The van der Waals surface area contributed by atoms with E-state index >= 15 is 0 Å². The van der Waals surface area contributed by atoms with Gasteiger partial charge in [0.2, 0.25) is 0 Å². The minimum Gasteiger partial charge on any atom is -0.456 e. The first-order valence-electron chi connectivity index (χ1n) is 9.22. The standard InChI is InChI=1S/C22H25NO3/c1-22(2,19-12-14-23-15-13-19)26-21(25)18-10-8-17(9-11-18)20(24)16-6-4-3-5-7-16/h3-11,19,23H,12-15H2,1-2H3/p+1. The van der Waals surface area contributed by atoms with Gasteiger partial charge in [0.1, 0.15) is 5.60 Å². The van der Waals surface area contributed by atoms with Crippen LogP contribution in [-0.4, -0.2) is 30.4 Å². The van der Waals surface area contributed by atoms with Crippen molar-refractivity contribution in [3.05, 3.63) is 71.3 Å². The molecular weight excluding hydrogens is 326 g/mol. The van der Waals surface area contributed by atoms with Gasteiger partial charge in [-0.1, -0.05) is 42.5 Å². The van der Waals surface area contributed by atoms with Gasteiger partial charge >= 0.3 is 5.97 Å². The Bertz CT molecular complexity index is 760. The largest absolute Gasteiger partial charge is 0.456 e. The van der Waals surface area contributed by atoms with Gasteiger partial charge < -0.3 is 10.1 Å². The summed E-state index contributed by atoms with van der Waals surface area (Å²) in [5.41, 5.74) is 1.20. The number of benzene rings is 2. The molecule has 136 valence electrons. The second kappa shape index (κ2) is 7.83. The molecule has 0 spiro atoms. The Morgan fingerprint density at radius 1 is 0.885 bits per heavy atom. The van der Waals surface area contributed by atoms with E-state index in [2.05, 4.69) is 5.32 Å². The van der Waals surface area contributed by atoms with E-state index in [0.717, 1.165) is 25.9 Å². The summed E-state index contributed by atoms with van der Waals surface area (Å²) in [7, 11) is 0. The molecule has 0 bridgehead atoms. The fourth-order valence-corrected chi connectivity index (χ4v) is 3.52. The zero-order chi connectivity index (χ0) is 18.6. The monoisotopic (exact) mass is 352 g/mol. The molecule has 2 aromatic rings. The SMILES string of the molecule is CC(C)(OC(=O)c1ccc(C(=O)c2ccccc2)cc1)C1CC[NH2+]CC1. The Kier molecular flexibility index (Phi) is 5.52. The predicted octanol–water partition coefficient (Wildman–Crippen LogP) is 2.83. The van der Waals surface area contributed by atoms with Crippen molar-refractivity contribution in [2.45, 2.75) is 32.3 Å². The van der Waals surface area contributed by atoms with E-state index in [-0.39, 0.29) is 11.8 Å². The number of rotatable bonds is 5. The summed E-state index contributed by atoms with van der Waals surface area (Å²) in [6.07, 6.45) is 2.12. The van der Waals surface area contributed by atoms with Crippen molar-refractivity contribution in [3.63, 3.8) is 0 Å². The van der Waals surface area contributed by atoms with Crippen LogP contribution in [0.3, 0.4) is 0 Å². The zero-order valence-corrected chi connectivity index (χ0v) is 15.4. The highest BCUT2D eigenvalue weighted by atomic mass is 16.6. The van der Waals surface area contributed by atoms with Gasteiger partial charge in [-0.3, -0.25) is 4.79 Å². The zero-order valence-electron chi connectivity index (χ0n) is 15.4. The molecule has 26 heavy (non-hydrogen) atoms. The average molecular weight is 352 g/mol. The summed E-state index contributed by atoms with van der Waals surface area (Å²) >= 11 is 0. The lowest BCUT2D eigenvalue weighted by Gasteiger charge is -2.35. The van der Waals surface area contributed by atoms with Gasteiger partial charge in [0.25, 0.3) is 0 Å². The van der Waals surface area contributed by atoms with Crippen molar-refractivity contribution < 1.29 is 19.6 Å². The highest BCUT2D eigenvalue weighted by Gasteiger charge is 2.35. The van der Waals surface area contributed by atoms with Crippen molar-refractivity contribution in [1.29, 1.82) is 0 Å². The van der Waals surface area contributed by atoms with E-state index < -0.39 is 5.60 Å². The van der Waals surface area contributed by atoms with Crippen LogP contribution in [0.4, 0.5) is 0 Å². The van der Waals surface area contributed by atoms with E-state index in [4.69, 9.17) is 4.74 Å². The maximum absolute atomic E-state index is 12.5. The highest BCUT2D eigenvalue weighted by Crippen LogP contribution is 2.29. The van der Waals surface area contributed by atoms with E-state index in [1.165, 1.54) is 0 Å². The fourth-order valence-electron chi connectivity index (χ4n) is 3.52. The molecule has 1 aliphatic heterocycles. The number of hydrogen-bond donors (Lipinski definition) is 1. The number of ether oxygens (including phenoxy) is 1. The number of carbonyl (C=O) groups is 2. The maximum Gasteiger partial charge on any atom is 0.338 e. The Hall–Kier alpha value is -2.46. The molecule has 0 atom stereocenters. The Labute approximate surface area is 154 Å². The minimum atomic E-state index is -0.482. The maximum atomic E-state index is 12.5. The van der Waals surface area contributed by atoms with Crippen LogP contribution in [0, 0.1) is 5.92 Å². The number of ketones is 1. The topological polar surface area (TPSA) is 60.0 Å². The lowest BCUT2D eigenvalue weighted by molar-refractivity contribution is -0.665. The third kappa shape index (κ3) is 4.20. The van der Waals surface area contributed by atoms with Crippen molar-refractivity contribution in [2.75, 3.05) is 13.1 Å². The quantitative estimate of drug-likeness (QED) is 0.665. The molecule has 3 rings (SSSR count). The van der Waals surface area contributed by atoms with Crippen LogP contribution in [0.25, 0.3) is 0 Å². The summed E-state index contributed by atoms with van der Waals surface area (Å²) in [6.45, 7) is 6.16. The summed E-state index contributed by atoms with van der Waals surface area (Å²) in [6, 6.07) is 15.8. The van der Waals surface area contributed by atoms with E-state index in [1.807, 2.05) is 32.0 Å². The first-order valence-corrected chi connectivity index (χ1v) is 9.22. The first kappa shape index (κ1) is 18.3. The molecular formula is C22H26NO3+. The van der Waals surface area contributed by atoms with Crippen LogP contribution in [0.2, 0.25) is 0 Å². The average Bonchev–Trinajstić information content (AvgIpc) is 2.68. The van der Waals surface area contributed by atoms with Crippen LogP contribution in [0.1, 0.15) is 53.0 Å². The van der Waals surface area contributed by atoms with E-state index in [0.29, 0.717) is 22.6 Å². The number of carbonyl (C=O) groups excluding carboxylic acids is 2. The van der Waals surface area contributed by atoms with Gasteiger partial charge in [0.05, 0.1) is 18.7 Å². The molecule has 0 aliphatic carbocycles. The molecule has 4 nitrogen and oxygen atoms in total. The van der Waals surface area contributed by atoms with Crippen molar-refractivity contribution in [1.82, 2.24) is 0 Å². The molecule has 1 aliphatic rings. The fraction of sp³-hybridized carbons (Fsp3) is 0.364. The molecule has 0 saturated carbocycles. The van der Waals surface area contributed by atoms with Crippen molar-refractivity contribution >= 4 is 11.8 Å². The highest BCUT2D eigenvalue weighted by molar-refractivity contribution is 6.09. The van der Waals surface area contributed by atoms with Crippen molar-refractivity contribution in [2.24, 2.45) is 5.92 Å². The normalized spacial score (nSPS) is 15.5. The Morgan fingerprint density at radius 3 is 2.04 bits per heavy atom. The number of hydrogen-bond acceptors (Lipinski definition) is 3. The minimum absolute atomic E-state index is 0.0516. The summed E-state index contributed by atoms with van der Waals surface area (Å²) in [5, 5.41) is 2.30. The van der Waals surface area contributed by atoms with Gasteiger partial charge in [-0.05, 0) is 26.0 Å². The number of nitrogens with two attached hydrogens (primary N) is 1. The van der Waals surface area contributed by atoms with Crippen LogP contribution in [0.15, 0.2) is 54.6 Å². The molecule has 0 radical (unpaired) electrons. The lowest BCUT2D eigenvalue weighted by Crippen LogP contribution is -2.86. The molecule has 0 amide bonds. The molecule has 0 unspecified atom stereocenters. The Morgan fingerprint density at radius 2 is 1.42 bits per heavy atom. The van der Waals surface area contributed by atoms with Gasteiger partial charge in [-0.15, -0.1) is 0 Å². The number of quaternary nitrogens is 1. The number of piperidine rings is 1. The Balaban J connectivity index is 1.68. The predicted molar refractivity (Wildman–Crippen MR) is 100 cm³/mol. The molecule has 1 saturated heterocycles. The van der Waals surface area contributed by atoms with E-state index in [1.54, 1.807) is 36.4 Å². The third-order valence-corrected chi connectivity index (χ3v) is 5.20. The third-order valence-electron chi connectivity index (χ3n) is 5.20. The second-order valence-corrected chi connectivity index (χ2v) is 7.41. The summed E-state index contributed by atoms with van der Waals surface area (Å²) < 4.78 is 5.81. The van der Waals surface area contributed by atoms with Gasteiger partial charge in [-0.25, -0.2) is 4.79 Å². The lowest BCUT2D eigenvalue weighted by atomic mass is 9.83. The van der Waals surface area contributed by atoms with Gasteiger partial charge in [-0.2, -0.15) is 0 Å². The molecule has 1 fully saturated rings. The second-order valence-electron chi connectivity index (χ2n) is 7.41. The van der Waals surface area contributed by atoms with Gasteiger partial charge in [0.15, 0.2) is 5.78 Å². The molecule has 1 heterocycles. The first-order chi connectivity index (χ1) is 12.5. The molecule has 2 N–H and O–H groups in total. The van der Waals surface area contributed by atoms with Crippen LogP contribution < -0.4 is 5.32 Å².